The van der Waals surface area contributed by atoms with Gasteiger partial charge in [-0.15, -0.1) is 0 Å². The molecule has 0 aromatic heterocycles. The molecule has 112 valence electrons. The highest BCUT2D eigenvalue weighted by Gasteiger charge is 2.52. The fraction of sp³-hybridized carbons (Fsp3) is 0.538. The minimum Gasteiger partial charge on any atom is -0.376 e. The van der Waals surface area contributed by atoms with E-state index in [4.69, 9.17) is 9.47 Å². The van der Waals surface area contributed by atoms with Crippen LogP contribution in [0.25, 0.3) is 0 Å². The Morgan fingerprint density at radius 2 is 1.90 bits per heavy atom. The summed E-state index contributed by atoms with van der Waals surface area (Å²) in [5.74, 6) is -3.52. The second kappa shape index (κ2) is 5.75. The van der Waals surface area contributed by atoms with Gasteiger partial charge in [0.2, 0.25) is 0 Å². The van der Waals surface area contributed by atoms with Gasteiger partial charge in [-0.1, -0.05) is 18.2 Å². The molecule has 20 heavy (non-hydrogen) atoms. The Morgan fingerprint density at radius 3 is 2.45 bits per heavy atom. The maximum atomic E-state index is 14.3. The molecule has 1 aliphatic heterocycles. The van der Waals surface area contributed by atoms with Gasteiger partial charge in [-0.2, -0.15) is 0 Å². The normalized spacial score (nSPS) is 22.4. The molecular formula is C13H16F2O4S. The molecule has 1 fully saturated rings. The zero-order valence-corrected chi connectivity index (χ0v) is 11.8. The summed E-state index contributed by atoms with van der Waals surface area (Å²) in [4.78, 5) is -0.121. The van der Waals surface area contributed by atoms with E-state index in [0.717, 1.165) is 6.92 Å². The predicted molar refractivity (Wildman–Crippen MR) is 68.6 cm³/mol. The number of benzene rings is 1. The topological polar surface area (TPSA) is 52.6 Å². The molecule has 0 bridgehead atoms. The van der Waals surface area contributed by atoms with Crippen LogP contribution in [0.15, 0.2) is 35.2 Å². The first-order valence-electron chi connectivity index (χ1n) is 6.23. The number of hydrogen-bond acceptors (Lipinski definition) is 4. The summed E-state index contributed by atoms with van der Waals surface area (Å²) in [5.41, 5.74) is 0. The van der Waals surface area contributed by atoms with Crippen molar-refractivity contribution in [1.29, 1.82) is 0 Å². The van der Waals surface area contributed by atoms with Crippen LogP contribution in [0.2, 0.25) is 0 Å². The van der Waals surface area contributed by atoms with Crippen LogP contribution < -0.4 is 0 Å². The van der Waals surface area contributed by atoms with E-state index in [-0.39, 0.29) is 24.7 Å². The third-order valence-electron chi connectivity index (χ3n) is 3.32. The Morgan fingerprint density at radius 1 is 1.25 bits per heavy atom. The molecule has 4 nitrogen and oxygen atoms in total. The van der Waals surface area contributed by atoms with Gasteiger partial charge in [0.05, 0.1) is 24.7 Å². The first kappa shape index (κ1) is 15.3. The van der Waals surface area contributed by atoms with Crippen LogP contribution in [0.5, 0.6) is 0 Å². The van der Waals surface area contributed by atoms with E-state index in [1.165, 1.54) is 24.3 Å². The predicted octanol–water partition coefficient (Wildman–Crippen LogP) is 1.90. The maximum absolute atomic E-state index is 14.3. The second-order valence-electron chi connectivity index (χ2n) is 4.61. The number of halogens is 2. The third kappa shape index (κ3) is 2.84. The SMILES string of the molecule is CC(C(F)(F)C1COCCO1)S(=O)(=O)c1ccccc1. The van der Waals surface area contributed by atoms with Gasteiger partial charge in [0.1, 0.15) is 11.4 Å². The summed E-state index contributed by atoms with van der Waals surface area (Å²) in [6.45, 7) is 0.979. The van der Waals surface area contributed by atoms with E-state index >= 15 is 0 Å². The highest BCUT2D eigenvalue weighted by atomic mass is 32.2. The molecule has 7 heteroatoms. The molecule has 1 aliphatic rings. The summed E-state index contributed by atoms with van der Waals surface area (Å²) in [7, 11) is -4.13. The lowest BCUT2D eigenvalue weighted by Gasteiger charge is -2.33. The first-order chi connectivity index (χ1) is 9.37. The van der Waals surface area contributed by atoms with E-state index in [0.29, 0.717) is 0 Å². The van der Waals surface area contributed by atoms with Crippen molar-refractivity contribution in [2.75, 3.05) is 19.8 Å². The lowest BCUT2D eigenvalue weighted by atomic mass is 10.1. The minimum atomic E-state index is -4.13. The first-order valence-corrected chi connectivity index (χ1v) is 7.77. The highest BCUT2D eigenvalue weighted by Crippen LogP contribution is 2.34. The summed E-state index contributed by atoms with van der Waals surface area (Å²) in [6.07, 6.45) is -1.54. The molecule has 0 saturated carbocycles. The molecule has 0 aliphatic carbocycles. The van der Waals surface area contributed by atoms with Crippen molar-refractivity contribution < 1.29 is 26.7 Å². The van der Waals surface area contributed by atoms with Crippen LogP contribution in [0.1, 0.15) is 6.92 Å². The minimum absolute atomic E-state index is 0.0400. The molecule has 2 atom stereocenters. The molecule has 2 unspecified atom stereocenters. The smallest absolute Gasteiger partial charge is 0.292 e. The standard InChI is InChI=1S/C13H16F2O4S/c1-10(13(14,15)12-9-18-7-8-19-12)20(16,17)11-5-3-2-4-6-11/h2-6,10,12H,7-9H2,1H3. The molecule has 1 aromatic carbocycles. The maximum Gasteiger partial charge on any atom is 0.292 e. The zero-order chi connectivity index (χ0) is 14.8. The van der Waals surface area contributed by atoms with Gasteiger partial charge < -0.3 is 9.47 Å². The van der Waals surface area contributed by atoms with E-state index in [9.17, 15) is 17.2 Å². The molecule has 0 spiro atoms. The van der Waals surface area contributed by atoms with E-state index in [1.807, 2.05) is 0 Å². The average Bonchev–Trinajstić information content (AvgIpc) is 2.48. The third-order valence-corrected chi connectivity index (χ3v) is 5.50. The number of ether oxygens (including phenoxy) is 2. The number of sulfone groups is 1. The monoisotopic (exact) mass is 306 g/mol. The van der Waals surface area contributed by atoms with Crippen molar-refractivity contribution >= 4 is 9.84 Å². The van der Waals surface area contributed by atoms with Crippen molar-refractivity contribution in [3.05, 3.63) is 30.3 Å². The van der Waals surface area contributed by atoms with E-state index < -0.39 is 27.1 Å². The van der Waals surface area contributed by atoms with Crippen molar-refractivity contribution in [1.82, 2.24) is 0 Å². The fourth-order valence-electron chi connectivity index (χ4n) is 1.99. The van der Waals surface area contributed by atoms with E-state index in [2.05, 4.69) is 0 Å². The quantitative estimate of drug-likeness (QED) is 0.852. The Kier molecular flexibility index (Phi) is 4.41. The van der Waals surface area contributed by atoms with Gasteiger partial charge in [0.25, 0.3) is 5.92 Å². The lowest BCUT2D eigenvalue weighted by molar-refractivity contribution is -0.193. The van der Waals surface area contributed by atoms with Gasteiger partial charge >= 0.3 is 0 Å². The summed E-state index contributed by atoms with van der Waals surface area (Å²) in [5, 5.41) is -1.89. The van der Waals surface area contributed by atoms with Gasteiger partial charge in [0.15, 0.2) is 9.84 Å². The van der Waals surface area contributed by atoms with Gasteiger partial charge in [-0.25, -0.2) is 17.2 Å². The molecule has 0 radical (unpaired) electrons. The van der Waals surface area contributed by atoms with Crippen molar-refractivity contribution in [3.8, 4) is 0 Å². The summed E-state index contributed by atoms with van der Waals surface area (Å²) in [6, 6.07) is 7.23. The lowest BCUT2D eigenvalue weighted by Crippen LogP contribution is -2.52. The molecule has 1 heterocycles. The largest absolute Gasteiger partial charge is 0.376 e. The molecule has 1 saturated heterocycles. The zero-order valence-electron chi connectivity index (χ0n) is 11.0. The van der Waals surface area contributed by atoms with Crippen LogP contribution in [0, 0.1) is 0 Å². The number of hydrogen-bond donors (Lipinski definition) is 0. The van der Waals surface area contributed by atoms with Crippen LogP contribution >= 0.6 is 0 Å². The van der Waals surface area contributed by atoms with Gasteiger partial charge in [-0.3, -0.25) is 0 Å². The van der Waals surface area contributed by atoms with Gasteiger partial charge in [-0.05, 0) is 19.1 Å². The Balaban J connectivity index is 2.27. The average molecular weight is 306 g/mol. The Hall–Kier alpha value is -1.05. The molecule has 0 N–H and O–H groups in total. The second-order valence-corrected chi connectivity index (χ2v) is 6.88. The summed E-state index contributed by atoms with van der Waals surface area (Å²) < 4.78 is 63.0. The molecular weight excluding hydrogens is 290 g/mol. The van der Waals surface area contributed by atoms with Crippen LogP contribution in [0.3, 0.4) is 0 Å². The summed E-state index contributed by atoms with van der Waals surface area (Å²) >= 11 is 0. The van der Waals surface area contributed by atoms with Crippen LogP contribution in [-0.4, -0.2) is 45.5 Å². The van der Waals surface area contributed by atoms with Crippen LogP contribution in [-0.2, 0) is 19.3 Å². The van der Waals surface area contributed by atoms with Crippen LogP contribution in [0.4, 0.5) is 8.78 Å². The van der Waals surface area contributed by atoms with Crippen molar-refractivity contribution in [3.63, 3.8) is 0 Å². The molecule has 1 aromatic rings. The highest BCUT2D eigenvalue weighted by molar-refractivity contribution is 7.92. The number of alkyl halides is 2. The van der Waals surface area contributed by atoms with E-state index in [1.54, 1.807) is 6.07 Å². The molecule has 0 amide bonds. The van der Waals surface area contributed by atoms with Crippen molar-refractivity contribution in [2.24, 2.45) is 0 Å². The number of rotatable bonds is 4. The Bertz CT molecular complexity index is 539. The molecule has 2 rings (SSSR count). The van der Waals surface area contributed by atoms with Gasteiger partial charge in [0, 0.05) is 0 Å². The van der Waals surface area contributed by atoms with Crippen molar-refractivity contribution in [2.45, 2.75) is 29.1 Å². The fourth-order valence-corrected chi connectivity index (χ4v) is 3.50. The Labute approximate surface area is 116 Å².